The van der Waals surface area contributed by atoms with Gasteiger partial charge in [-0.25, -0.2) is 0 Å². The van der Waals surface area contributed by atoms with Crippen LogP contribution in [0.5, 0.6) is 11.5 Å². The molecule has 4 N–H and O–H groups in total. The average Bonchev–Trinajstić information content (AvgIpc) is 3.59. The first-order valence-corrected chi connectivity index (χ1v) is 10.6. The van der Waals surface area contributed by atoms with Gasteiger partial charge in [-0.15, -0.1) is 8.78 Å². The number of benzene rings is 2. The maximum Gasteiger partial charge on any atom is 0.586 e. The number of carbonyl (C=O) groups excluding carboxylic acids is 2. The number of aromatic nitrogens is 1. The van der Waals surface area contributed by atoms with E-state index in [1.807, 2.05) is 6.07 Å². The Hall–Kier alpha value is -4.21. The molecule has 8 nitrogen and oxygen atoms in total. The summed E-state index contributed by atoms with van der Waals surface area (Å²) >= 11 is 0. The van der Waals surface area contributed by atoms with Gasteiger partial charge >= 0.3 is 6.29 Å². The van der Waals surface area contributed by atoms with Crippen LogP contribution >= 0.6 is 0 Å². The maximum atomic E-state index is 13.3. The maximum absolute atomic E-state index is 13.3. The van der Waals surface area contributed by atoms with Gasteiger partial charge in [-0.3, -0.25) is 14.6 Å². The van der Waals surface area contributed by atoms with Crippen molar-refractivity contribution in [2.24, 2.45) is 5.73 Å². The summed E-state index contributed by atoms with van der Waals surface area (Å²) in [7, 11) is 0. The molecule has 2 aromatic carbocycles. The van der Waals surface area contributed by atoms with Crippen LogP contribution in [0.3, 0.4) is 0 Å². The molecule has 2 amide bonds. The number of hydrogen-bond acceptors (Lipinski definition) is 6. The number of fused-ring (bicyclic) bond motifs is 1. The van der Waals surface area contributed by atoms with Gasteiger partial charge in [0.2, 0.25) is 0 Å². The molecule has 0 unspecified atom stereocenters. The molecule has 2 heterocycles. The number of amides is 2. The molecule has 1 fully saturated rings. The lowest BCUT2D eigenvalue weighted by molar-refractivity contribution is -0.286. The number of nitrogens with one attached hydrogen (secondary N) is 2. The van der Waals surface area contributed by atoms with Crippen LogP contribution < -0.4 is 25.8 Å². The van der Waals surface area contributed by atoms with E-state index in [1.165, 1.54) is 18.2 Å². The van der Waals surface area contributed by atoms with Crippen molar-refractivity contribution in [3.05, 3.63) is 77.1 Å². The first-order valence-electron chi connectivity index (χ1n) is 10.6. The van der Waals surface area contributed by atoms with Gasteiger partial charge < -0.3 is 25.8 Å². The van der Waals surface area contributed by atoms with Crippen molar-refractivity contribution in [3.63, 3.8) is 0 Å². The summed E-state index contributed by atoms with van der Waals surface area (Å²) < 4.78 is 35.3. The molecule has 1 aliphatic heterocycles. The minimum absolute atomic E-state index is 0.107. The van der Waals surface area contributed by atoms with Gasteiger partial charge in [0, 0.05) is 30.2 Å². The van der Waals surface area contributed by atoms with Gasteiger partial charge in [0.25, 0.3) is 11.8 Å². The molecular formula is C24H20F2N4O4. The van der Waals surface area contributed by atoms with Crippen molar-refractivity contribution in [3.8, 4) is 11.5 Å². The Morgan fingerprint density at radius 1 is 1.09 bits per heavy atom. The molecule has 5 rings (SSSR count). The second-order valence-corrected chi connectivity index (χ2v) is 8.05. The van der Waals surface area contributed by atoms with E-state index in [1.54, 1.807) is 30.5 Å². The molecule has 3 aromatic rings. The Bertz CT molecular complexity index is 1290. The van der Waals surface area contributed by atoms with E-state index in [-0.39, 0.29) is 28.8 Å². The summed E-state index contributed by atoms with van der Waals surface area (Å²) in [5, 5.41) is 5.94. The number of para-hydroxylation sites is 1. The summed E-state index contributed by atoms with van der Waals surface area (Å²) in [4.78, 5) is 28.9. The summed E-state index contributed by atoms with van der Waals surface area (Å²) in [6.07, 6.45) is -0.244. The first kappa shape index (κ1) is 21.6. The molecule has 0 radical (unpaired) electrons. The van der Waals surface area contributed by atoms with Gasteiger partial charge in [-0.05, 0) is 60.2 Å². The van der Waals surface area contributed by atoms with Crippen molar-refractivity contribution in [2.75, 3.05) is 10.6 Å². The topological polar surface area (TPSA) is 116 Å². The second kappa shape index (κ2) is 8.29. The molecule has 0 bridgehead atoms. The second-order valence-electron chi connectivity index (χ2n) is 8.05. The molecule has 174 valence electrons. The van der Waals surface area contributed by atoms with E-state index in [9.17, 15) is 18.4 Å². The van der Waals surface area contributed by atoms with Crippen LogP contribution in [0.2, 0.25) is 0 Å². The number of hydrogen-bond donors (Lipinski definition) is 3. The van der Waals surface area contributed by atoms with Crippen LogP contribution in [0.4, 0.5) is 20.2 Å². The standard InChI is InChI=1S/C24H20F2N4O4/c25-24(26)33-18-8-7-15(11-19(18)34-24)30-23(32)16-3-1-2-4-17(16)29-12-14-9-10-28-21(22(27)31)20(14)13-5-6-13/h1-4,7-11,13,29H,5-6,12H2,(H2,27,31)(H,30,32). The van der Waals surface area contributed by atoms with Crippen molar-refractivity contribution in [1.29, 1.82) is 0 Å². The van der Waals surface area contributed by atoms with Crippen molar-refractivity contribution in [2.45, 2.75) is 31.6 Å². The Balaban J connectivity index is 1.34. The quantitative estimate of drug-likeness (QED) is 0.480. The zero-order valence-corrected chi connectivity index (χ0v) is 17.8. The lowest BCUT2D eigenvalue weighted by Gasteiger charge is -2.15. The molecule has 0 atom stereocenters. The predicted molar refractivity (Wildman–Crippen MR) is 119 cm³/mol. The number of carbonyl (C=O) groups is 2. The highest BCUT2D eigenvalue weighted by Crippen LogP contribution is 2.43. The Labute approximate surface area is 193 Å². The fourth-order valence-electron chi connectivity index (χ4n) is 3.94. The smallest absolute Gasteiger partial charge is 0.395 e. The van der Waals surface area contributed by atoms with E-state index in [2.05, 4.69) is 25.1 Å². The Morgan fingerprint density at radius 2 is 1.85 bits per heavy atom. The molecule has 1 aliphatic carbocycles. The molecule has 1 saturated carbocycles. The van der Waals surface area contributed by atoms with Crippen molar-refractivity contribution < 1.29 is 27.8 Å². The van der Waals surface area contributed by atoms with E-state index < -0.39 is 18.1 Å². The van der Waals surface area contributed by atoms with Gasteiger partial charge in [0.1, 0.15) is 5.69 Å². The van der Waals surface area contributed by atoms with Crippen LogP contribution in [-0.2, 0) is 6.54 Å². The third kappa shape index (κ3) is 4.34. The normalized spacial score (nSPS) is 15.6. The molecule has 10 heteroatoms. The number of ether oxygens (including phenoxy) is 2. The highest BCUT2D eigenvalue weighted by molar-refractivity contribution is 6.08. The fraction of sp³-hybridized carbons (Fsp3) is 0.208. The number of halogens is 2. The summed E-state index contributed by atoms with van der Waals surface area (Å²) in [6.45, 7) is 0.359. The largest absolute Gasteiger partial charge is 0.586 e. The SMILES string of the molecule is NC(=O)c1nccc(CNc2ccccc2C(=O)Nc2ccc3c(c2)OC(F)(F)O3)c1C1CC1. The Morgan fingerprint density at radius 3 is 2.62 bits per heavy atom. The average molecular weight is 466 g/mol. The van der Waals surface area contributed by atoms with E-state index in [0.717, 1.165) is 24.0 Å². The van der Waals surface area contributed by atoms with Gasteiger partial charge in [0.05, 0.1) is 5.56 Å². The zero-order valence-electron chi connectivity index (χ0n) is 17.8. The summed E-state index contributed by atoms with van der Waals surface area (Å²) in [5.74, 6) is -1.02. The molecule has 2 aliphatic rings. The molecule has 0 saturated heterocycles. The number of primary amides is 1. The molecule has 1 aromatic heterocycles. The van der Waals surface area contributed by atoms with E-state index in [4.69, 9.17) is 5.73 Å². The molecular weight excluding hydrogens is 446 g/mol. The van der Waals surface area contributed by atoms with Crippen molar-refractivity contribution in [1.82, 2.24) is 4.98 Å². The van der Waals surface area contributed by atoms with Gasteiger partial charge in [-0.1, -0.05) is 12.1 Å². The Kier molecular flexibility index (Phi) is 5.27. The van der Waals surface area contributed by atoms with Gasteiger partial charge in [0.15, 0.2) is 11.5 Å². The fourth-order valence-corrected chi connectivity index (χ4v) is 3.94. The number of nitrogens with two attached hydrogens (primary N) is 1. The van der Waals surface area contributed by atoms with Crippen LogP contribution in [0.15, 0.2) is 54.7 Å². The lowest BCUT2D eigenvalue weighted by Crippen LogP contribution is -2.25. The van der Waals surface area contributed by atoms with E-state index in [0.29, 0.717) is 17.8 Å². The lowest BCUT2D eigenvalue weighted by atomic mass is 10.0. The molecule has 34 heavy (non-hydrogen) atoms. The number of nitrogens with zero attached hydrogens (tertiary/aromatic N) is 1. The summed E-state index contributed by atoms with van der Waals surface area (Å²) in [6, 6.07) is 12.7. The number of pyridine rings is 1. The summed E-state index contributed by atoms with van der Waals surface area (Å²) in [5.41, 5.74) is 8.71. The highest BCUT2D eigenvalue weighted by atomic mass is 19.3. The monoisotopic (exact) mass is 466 g/mol. The van der Waals surface area contributed by atoms with Crippen molar-refractivity contribution >= 4 is 23.2 Å². The van der Waals surface area contributed by atoms with Crippen LogP contribution in [0, 0.1) is 0 Å². The van der Waals surface area contributed by atoms with Gasteiger partial charge in [-0.2, -0.15) is 0 Å². The minimum Gasteiger partial charge on any atom is -0.395 e. The number of alkyl halides is 2. The van der Waals surface area contributed by atoms with E-state index >= 15 is 0 Å². The van der Waals surface area contributed by atoms with Crippen LogP contribution in [-0.4, -0.2) is 23.1 Å². The minimum atomic E-state index is -3.73. The first-order chi connectivity index (χ1) is 16.3. The third-order valence-electron chi connectivity index (χ3n) is 5.60. The number of rotatable bonds is 7. The zero-order chi connectivity index (χ0) is 23.9. The molecule has 0 spiro atoms. The third-order valence-corrected chi connectivity index (χ3v) is 5.60. The number of anilines is 2. The van der Waals surface area contributed by atoms with Crippen LogP contribution in [0.1, 0.15) is 50.7 Å². The predicted octanol–water partition coefficient (Wildman–Crippen LogP) is 4.24. The van der Waals surface area contributed by atoms with Crippen LogP contribution in [0.25, 0.3) is 0 Å². The highest BCUT2D eigenvalue weighted by Gasteiger charge is 2.43.